The Bertz CT molecular complexity index is 243. The van der Waals surface area contributed by atoms with E-state index in [2.05, 4.69) is 0 Å². The summed E-state index contributed by atoms with van der Waals surface area (Å²) in [5.41, 5.74) is 0.104. The summed E-state index contributed by atoms with van der Waals surface area (Å²) in [5, 5.41) is 9.56. The first-order chi connectivity index (χ1) is 6.03. The van der Waals surface area contributed by atoms with Gasteiger partial charge in [0, 0.05) is 5.92 Å². The van der Waals surface area contributed by atoms with Crippen molar-refractivity contribution in [1.29, 1.82) is 0 Å². The van der Waals surface area contributed by atoms with Gasteiger partial charge in [0.1, 0.15) is 6.29 Å². The van der Waals surface area contributed by atoms with Crippen LogP contribution in [0.4, 0.5) is 0 Å². The van der Waals surface area contributed by atoms with Gasteiger partial charge in [0.05, 0.1) is 5.60 Å². The van der Waals surface area contributed by atoms with E-state index in [9.17, 15) is 9.90 Å². The van der Waals surface area contributed by atoms with Crippen molar-refractivity contribution in [2.24, 2.45) is 5.92 Å². The summed E-state index contributed by atoms with van der Waals surface area (Å²) in [6.07, 6.45) is 8.50. The van der Waals surface area contributed by atoms with Gasteiger partial charge in [-0.25, -0.2) is 0 Å². The highest BCUT2D eigenvalue weighted by Crippen LogP contribution is 2.24. The van der Waals surface area contributed by atoms with Gasteiger partial charge in [0.2, 0.25) is 0 Å². The topological polar surface area (TPSA) is 37.3 Å². The smallest absolute Gasteiger partial charge is 0.127 e. The lowest BCUT2D eigenvalue weighted by atomic mass is 9.88. The third kappa shape index (κ3) is 3.15. The minimum absolute atomic E-state index is 0.0311. The maximum Gasteiger partial charge on any atom is 0.127 e. The van der Waals surface area contributed by atoms with E-state index in [1.165, 1.54) is 0 Å². The lowest BCUT2D eigenvalue weighted by Gasteiger charge is -2.19. The first kappa shape index (κ1) is 10.2. The average Bonchev–Trinajstić information content (AvgIpc) is 2.02. The molecule has 1 unspecified atom stereocenters. The molecular weight excluding hydrogens is 164 g/mol. The van der Waals surface area contributed by atoms with Crippen LogP contribution in [0.15, 0.2) is 23.8 Å². The van der Waals surface area contributed by atoms with Crippen LogP contribution in [0.2, 0.25) is 0 Å². The normalized spacial score (nSPS) is 26.4. The molecule has 0 fully saturated rings. The van der Waals surface area contributed by atoms with E-state index >= 15 is 0 Å². The molecule has 0 heterocycles. The average molecular weight is 180 g/mol. The van der Waals surface area contributed by atoms with Gasteiger partial charge in [0.15, 0.2) is 0 Å². The number of carbonyl (C=O) groups is 1. The summed E-state index contributed by atoms with van der Waals surface area (Å²) in [6.45, 7) is 3.43. The van der Waals surface area contributed by atoms with E-state index in [0.717, 1.165) is 24.7 Å². The highest BCUT2D eigenvalue weighted by Gasteiger charge is 2.17. The first-order valence-electron chi connectivity index (χ1n) is 4.60. The molecule has 1 N–H and O–H groups in total. The van der Waals surface area contributed by atoms with Crippen molar-refractivity contribution in [2.45, 2.75) is 32.3 Å². The molecule has 0 radical (unpaired) electrons. The summed E-state index contributed by atoms with van der Waals surface area (Å²) in [5.74, 6) is -0.0311. The van der Waals surface area contributed by atoms with Crippen LogP contribution in [-0.2, 0) is 4.79 Å². The lowest BCUT2D eigenvalue weighted by Crippen LogP contribution is -2.18. The molecule has 1 aliphatic carbocycles. The third-order valence-corrected chi connectivity index (χ3v) is 2.07. The second kappa shape index (κ2) is 3.88. The highest BCUT2D eigenvalue weighted by molar-refractivity contribution is 5.61. The van der Waals surface area contributed by atoms with Crippen molar-refractivity contribution in [3.8, 4) is 0 Å². The molecule has 1 aliphatic rings. The number of aliphatic hydroxyl groups is 1. The molecule has 0 aromatic heterocycles. The van der Waals surface area contributed by atoms with E-state index < -0.39 is 5.60 Å². The maximum atomic E-state index is 10.7. The Kier molecular flexibility index (Phi) is 3.04. The molecule has 2 heteroatoms. The number of carbonyl (C=O) groups excluding carboxylic acids is 1. The van der Waals surface area contributed by atoms with Crippen molar-refractivity contribution < 1.29 is 9.90 Å². The highest BCUT2D eigenvalue weighted by atomic mass is 16.3. The van der Waals surface area contributed by atoms with Crippen LogP contribution < -0.4 is 0 Å². The van der Waals surface area contributed by atoms with Crippen LogP contribution in [0, 0.1) is 5.92 Å². The van der Waals surface area contributed by atoms with Gasteiger partial charge in [-0.2, -0.15) is 0 Å². The quantitative estimate of drug-likeness (QED) is 0.658. The SMILES string of the molecule is CC(C)(O)C=C1C=CCCC1C=O. The Labute approximate surface area is 79.0 Å². The molecule has 1 rings (SSSR count). The van der Waals surface area contributed by atoms with Gasteiger partial charge >= 0.3 is 0 Å². The predicted molar refractivity (Wildman–Crippen MR) is 52.3 cm³/mol. The molecular formula is C11H16O2. The fourth-order valence-corrected chi connectivity index (χ4v) is 1.50. The monoisotopic (exact) mass is 180 g/mol. The molecule has 0 aromatic carbocycles. The van der Waals surface area contributed by atoms with E-state index in [-0.39, 0.29) is 5.92 Å². The molecule has 0 aliphatic heterocycles. The van der Waals surface area contributed by atoms with Crippen LogP contribution in [0.25, 0.3) is 0 Å². The standard InChI is InChI=1S/C11H16O2/c1-11(2,13)7-9-5-3-4-6-10(9)8-12/h3,5,7-8,10,13H,4,6H2,1-2H3. The van der Waals surface area contributed by atoms with Crippen molar-refractivity contribution in [1.82, 2.24) is 0 Å². The largest absolute Gasteiger partial charge is 0.386 e. The van der Waals surface area contributed by atoms with E-state index in [1.54, 1.807) is 19.9 Å². The third-order valence-electron chi connectivity index (χ3n) is 2.07. The minimum atomic E-state index is -0.835. The van der Waals surface area contributed by atoms with Crippen LogP contribution in [-0.4, -0.2) is 17.0 Å². The van der Waals surface area contributed by atoms with Crippen LogP contribution in [0.5, 0.6) is 0 Å². The van der Waals surface area contributed by atoms with Crippen LogP contribution in [0.3, 0.4) is 0 Å². The Morgan fingerprint density at radius 3 is 2.85 bits per heavy atom. The Morgan fingerprint density at radius 2 is 2.31 bits per heavy atom. The maximum absolute atomic E-state index is 10.7. The van der Waals surface area contributed by atoms with Crippen LogP contribution in [0.1, 0.15) is 26.7 Å². The molecule has 0 aromatic rings. The number of hydrogen-bond donors (Lipinski definition) is 1. The molecule has 0 spiro atoms. The molecule has 2 nitrogen and oxygen atoms in total. The zero-order chi connectivity index (χ0) is 9.90. The van der Waals surface area contributed by atoms with Gasteiger partial charge in [0.25, 0.3) is 0 Å². The summed E-state index contributed by atoms with van der Waals surface area (Å²) >= 11 is 0. The summed E-state index contributed by atoms with van der Waals surface area (Å²) in [6, 6.07) is 0. The van der Waals surface area contributed by atoms with Gasteiger partial charge in [-0.05, 0) is 38.3 Å². The van der Waals surface area contributed by atoms with Crippen molar-refractivity contribution in [3.63, 3.8) is 0 Å². The van der Waals surface area contributed by atoms with Crippen molar-refractivity contribution in [3.05, 3.63) is 23.8 Å². The first-order valence-corrected chi connectivity index (χ1v) is 4.60. The summed E-state index contributed by atoms with van der Waals surface area (Å²) in [7, 11) is 0. The summed E-state index contributed by atoms with van der Waals surface area (Å²) < 4.78 is 0. The van der Waals surface area contributed by atoms with Crippen LogP contribution >= 0.6 is 0 Å². The Balaban J connectivity index is 2.87. The minimum Gasteiger partial charge on any atom is -0.386 e. The molecule has 0 bridgehead atoms. The van der Waals surface area contributed by atoms with E-state index in [4.69, 9.17) is 0 Å². The molecule has 72 valence electrons. The van der Waals surface area contributed by atoms with Crippen molar-refractivity contribution >= 4 is 6.29 Å². The van der Waals surface area contributed by atoms with Gasteiger partial charge < -0.3 is 9.90 Å². The van der Waals surface area contributed by atoms with Crippen molar-refractivity contribution in [2.75, 3.05) is 0 Å². The zero-order valence-corrected chi connectivity index (χ0v) is 8.16. The van der Waals surface area contributed by atoms with E-state index in [1.807, 2.05) is 12.2 Å². The molecule has 1 atom stereocenters. The second-order valence-corrected chi connectivity index (χ2v) is 4.02. The molecule has 0 saturated carbocycles. The molecule has 0 amide bonds. The second-order valence-electron chi connectivity index (χ2n) is 4.02. The zero-order valence-electron chi connectivity index (χ0n) is 8.16. The number of hydrogen-bond acceptors (Lipinski definition) is 2. The molecule has 0 saturated heterocycles. The summed E-state index contributed by atoms with van der Waals surface area (Å²) in [4.78, 5) is 10.7. The van der Waals surface area contributed by atoms with Gasteiger partial charge in [-0.1, -0.05) is 12.2 Å². The van der Waals surface area contributed by atoms with Gasteiger partial charge in [-0.15, -0.1) is 0 Å². The van der Waals surface area contributed by atoms with Gasteiger partial charge in [-0.3, -0.25) is 0 Å². The fraction of sp³-hybridized carbons (Fsp3) is 0.545. The number of rotatable bonds is 2. The van der Waals surface area contributed by atoms with E-state index in [0.29, 0.717) is 0 Å². The number of aldehydes is 1. The predicted octanol–water partition coefficient (Wildman–Crippen LogP) is 1.85. The lowest BCUT2D eigenvalue weighted by molar-refractivity contribution is -0.110. The Morgan fingerprint density at radius 1 is 1.62 bits per heavy atom. The number of allylic oxidation sites excluding steroid dienone is 3. The molecule has 13 heavy (non-hydrogen) atoms. The Hall–Kier alpha value is -0.890. The fourth-order valence-electron chi connectivity index (χ4n) is 1.50.